The summed E-state index contributed by atoms with van der Waals surface area (Å²) in [6, 6.07) is 11.1. The van der Waals surface area contributed by atoms with Crippen LogP contribution in [0.5, 0.6) is 0 Å². The largest absolute Gasteiger partial charge is 0.358 e. The third-order valence-electron chi connectivity index (χ3n) is 4.29. The Kier molecular flexibility index (Phi) is 4.53. The van der Waals surface area contributed by atoms with Crippen LogP contribution in [0.15, 0.2) is 42.6 Å². The van der Waals surface area contributed by atoms with E-state index in [2.05, 4.69) is 15.3 Å². The highest BCUT2D eigenvalue weighted by molar-refractivity contribution is 6.34. The fourth-order valence-electron chi connectivity index (χ4n) is 2.97. The van der Waals surface area contributed by atoms with E-state index >= 15 is 0 Å². The molecule has 1 aliphatic heterocycles. The van der Waals surface area contributed by atoms with E-state index in [9.17, 15) is 4.79 Å². The summed E-state index contributed by atoms with van der Waals surface area (Å²) in [4.78, 5) is 19.7. The van der Waals surface area contributed by atoms with Gasteiger partial charge >= 0.3 is 0 Å². The van der Waals surface area contributed by atoms with Crippen molar-refractivity contribution in [3.8, 4) is 11.3 Å². The maximum absolute atomic E-state index is 11.9. The third-order valence-corrected chi connectivity index (χ3v) is 4.87. The number of nitrogens with one attached hydrogen (secondary N) is 2. The molecule has 26 heavy (non-hydrogen) atoms. The topological polar surface area (TPSA) is 57.8 Å². The number of hydrogen-bond acceptors (Lipinski definition) is 2. The van der Waals surface area contributed by atoms with Gasteiger partial charge in [-0.05, 0) is 48.0 Å². The van der Waals surface area contributed by atoms with Crippen LogP contribution in [-0.4, -0.2) is 22.4 Å². The predicted octanol–water partition coefficient (Wildman–Crippen LogP) is 4.84. The minimum Gasteiger partial charge on any atom is -0.358 e. The van der Waals surface area contributed by atoms with E-state index in [-0.39, 0.29) is 5.91 Å². The van der Waals surface area contributed by atoms with Crippen LogP contribution in [0.4, 0.5) is 0 Å². The number of benzene rings is 1. The lowest BCUT2D eigenvalue weighted by Gasteiger charge is -2.10. The molecule has 0 radical (unpaired) electrons. The van der Waals surface area contributed by atoms with Gasteiger partial charge in [-0.3, -0.25) is 9.78 Å². The van der Waals surface area contributed by atoms with E-state index in [0.717, 1.165) is 34.6 Å². The molecule has 0 aliphatic carbocycles. The molecule has 0 unspecified atom stereocenters. The Morgan fingerprint density at radius 3 is 2.81 bits per heavy atom. The zero-order valence-electron chi connectivity index (χ0n) is 13.7. The minimum atomic E-state index is -0.0291. The summed E-state index contributed by atoms with van der Waals surface area (Å²) in [5.74, 6) is -0.0291. The number of rotatable bonds is 3. The first-order valence-corrected chi connectivity index (χ1v) is 8.95. The van der Waals surface area contributed by atoms with E-state index in [1.54, 1.807) is 18.3 Å². The second-order valence-corrected chi connectivity index (χ2v) is 6.89. The van der Waals surface area contributed by atoms with Crippen LogP contribution in [0, 0.1) is 0 Å². The number of fused-ring (bicyclic) bond motifs is 1. The van der Waals surface area contributed by atoms with Crippen LogP contribution in [0.3, 0.4) is 0 Å². The monoisotopic (exact) mass is 383 g/mol. The van der Waals surface area contributed by atoms with Gasteiger partial charge in [-0.15, -0.1) is 0 Å². The molecule has 0 spiro atoms. The number of nitrogens with zero attached hydrogens (tertiary/aromatic N) is 1. The predicted molar refractivity (Wildman–Crippen MR) is 105 cm³/mol. The third kappa shape index (κ3) is 3.39. The number of H-pyrrole nitrogens is 1. The van der Waals surface area contributed by atoms with Crippen molar-refractivity contribution in [3.05, 3.63) is 75.2 Å². The molecule has 0 bridgehead atoms. The summed E-state index contributed by atoms with van der Waals surface area (Å²) in [6.07, 6.45) is 6.32. The molecule has 0 saturated heterocycles. The van der Waals surface area contributed by atoms with Crippen molar-refractivity contribution in [1.82, 2.24) is 15.3 Å². The Hall–Kier alpha value is -2.56. The zero-order valence-corrected chi connectivity index (χ0v) is 15.2. The van der Waals surface area contributed by atoms with Crippen LogP contribution in [0.25, 0.3) is 23.4 Å². The molecule has 3 aromatic rings. The van der Waals surface area contributed by atoms with Crippen LogP contribution in [-0.2, 0) is 6.42 Å². The van der Waals surface area contributed by atoms with Gasteiger partial charge in [-0.25, -0.2) is 0 Å². The lowest BCUT2D eigenvalue weighted by atomic mass is 10.1. The maximum Gasteiger partial charge on any atom is 0.253 e. The SMILES string of the molecule is O=C1NCCc2[nH]c(-c3ccnc(C=Cc4cc(Cl)ccc4Cl)c3)cc21. The molecular weight excluding hydrogens is 369 g/mol. The highest BCUT2D eigenvalue weighted by Gasteiger charge is 2.19. The molecule has 130 valence electrons. The molecular formula is C20H15Cl2N3O. The van der Waals surface area contributed by atoms with Gasteiger partial charge in [0.05, 0.1) is 11.3 Å². The van der Waals surface area contributed by atoms with E-state index in [4.69, 9.17) is 23.2 Å². The number of halogens is 2. The van der Waals surface area contributed by atoms with Crippen molar-refractivity contribution >= 4 is 41.3 Å². The lowest BCUT2D eigenvalue weighted by Crippen LogP contribution is -2.31. The van der Waals surface area contributed by atoms with E-state index in [0.29, 0.717) is 22.2 Å². The van der Waals surface area contributed by atoms with Crippen LogP contribution < -0.4 is 5.32 Å². The molecule has 4 rings (SSSR count). The van der Waals surface area contributed by atoms with Crippen molar-refractivity contribution < 1.29 is 4.79 Å². The van der Waals surface area contributed by atoms with Crippen molar-refractivity contribution in [2.45, 2.75) is 6.42 Å². The molecule has 1 amide bonds. The zero-order chi connectivity index (χ0) is 18.1. The van der Waals surface area contributed by atoms with Gasteiger partial charge in [0, 0.05) is 46.2 Å². The van der Waals surface area contributed by atoms with Crippen molar-refractivity contribution in [1.29, 1.82) is 0 Å². The smallest absolute Gasteiger partial charge is 0.253 e. The Morgan fingerprint density at radius 2 is 1.96 bits per heavy atom. The minimum absolute atomic E-state index is 0.0291. The first-order valence-electron chi connectivity index (χ1n) is 8.20. The van der Waals surface area contributed by atoms with Gasteiger partial charge < -0.3 is 10.3 Å². The van der Waals surface area contributed by atoms with Gasteiger partial charge in [0.15, 0.2) is 0 Å². The Balaban J connectivity index is 1.64. The number of hydrogen-bond donors (Lipinski definition) is 2. The molecule has 2 N–H and O–H groups in total. The van der Waals surface area contributed by atoms with E-state index in [1.807, 2.05) is 36.4 Å². The van der Waals surface area contributed by atoms with Gasteiger partial charge in [0.1, 0.15) is 0 Å². The van der Waals surface area contributed by atoms with Crippen LogP contribution in [0.2, 0.25) is 10.0 Å². The fourth-order valence-corrected chi connectivity index (χ4v) is 3.33. The summed E-state index contributed by atoms with van der Waals surface area (Å²) in [5, 5.41) is 4.12. The number of amides is 1. The molecule has 1 aromatic carbocycles. The van der Waals surface area contributed by atoms with Gasteiger partial charge in [-0.1, -0.05) is 29.3 Å². The van der Waals surface area contributed by atoms with Crippen molar-refractivity contribution in [2.75, 3.05) is 6.54 Å². The average molecular weight is 384 g/mol. The normalized spacial score (nSPS) is 13.7. The Morgan fingerprint density at radius 1 is 1.08 bits per heavy atom. The molecule has 2 aromatic heterocycles. The van der Waals surface area contributed by atoms with Crippen LogP contribution in [0.1, 0.15) is 27.3 Å². The highest BCUT2D eigenvalue weighted by Crippen LogP contribution is 2.26. The summed E-state index contributed by atoms with van der Waals surface area (Å²) in [5.41, 5.74) is 5.19. The molecule has 6 heteroatoms. The first-order chi connectivity index (χ1) is 12.6. The van der Waals surface area contributed by atoms with Crippen molar-refractivity contribution in [2.24, 2.45) is 0 Å². The number of pyridine rings is 1. The van der Waals surface area contributed by atoms with E-state index < -0.39 is 0 Å². The van der Waals surface area contributed by atoms with E-state index in [1.165, 1.54) is 0 Å². The highest BCUT2D eigenvalue weighted by atomic mass is 35.5. The van der Waals surface area contributed by atoms with Gasteiger partial charge in [-0.2, -0.15) is 0 Å². The molecule has 4 nitrogen and oxygen atoms in total. The van der Waals surface area contributed by atoms with Crippen LogP contribution >= 0.6 is 23.2 Å². The molecule has 0 atom stereocenters. The Bertz CT molecular complexity index is 1020. The van der Waals surface area contributed by atoms with Crippen molar-refractivity contribution in [3.63, 3.8) is 0 Å². The number of carbonyl (C=O) groups is 1. The molecule has 3 heterocycles. The standard InChI is InChI=1S/C20H15Cl2N3O/c21-14-2-4-17(22)12(9-14)1-3-15-10-13(5-7-23-15)19-11-16-18(25-19)6-8-24-20(16)26/h1-5,7,9-11,25H,6,8H2,(H,24,26). The first kappa shape index (κ1) is 16.9. The molecule has 0 fully saturated rings. The Labute approximate surface area is 160 Å². The fraction of sp³-hybridized carbons (Fsp3) is 0.100. The summed E-state index contributed by atoms with van der Waals surface area (Å²) in [7, 11) is 0. The number of carbonyl (C=O) groups excluding carboxylic acids is 1. The second kappa shape index (κ2) is 6.98. The average Bonchev–Trinajstić information content (AvgIpc) is 3.09. The maximum atomic E-state index is 11.9. The number of aromatic amines is 1. The van der Waals surface area contributed by atoms with Gasteiger partial charge in [0.2, 0.25) is 0 Å². The summed E-state index contributed by atoms with van der Waals surface area (Å²) < 4.78 is 0. The quantitative estimate of drug-likeness (QED) is 0.679. The lowest BCUT2D eigenvalue weighted by molar-refractivity contribution is 0.0946. The van der Waals surface area contributed by atoms with Gasteiger partial charge in [0.25, 0.3) is 5.91 Å². The molecule has 1 aliphatic rings. The second-order valence-electron chi connectivity index (χ2n) is 6.05. The summed E-state index contributed by atoms with van der Waals surface area (Å²) >= 11 is 12.2. The molecule has 0 saturated carbocycles. The number of aromatic nitrogens is 2. The summed E-state index contributed by atoms with van der Waals surface area (Å²) in [6.45, 7) is 0.663.